The fourth-order valence-corrected chi connectivity index (χ4v) is 3.08. The van der Waals surface area contributed by atoms with Gasteiger partial charge in [-0.05, 0) is 42.9 Å². The summed E-state index contributed by atoms with van der Waals surface area (Å²) in [6.07, 6.45) is 2.30. The summed E-state index contributed by atoms with van der Waals surface area (Å²) in [5.74, 6) is 0.468. The second-order valence-corrected chi connectivity index (χ2v) is 7.30. The van der Waals surface area contributed by atoms with Gasteiger partial charge in [-0.3, -0.25) is 4.79 Å². The van der Waals surface area contributed by atoms with Crippen LogP contribution < -0.4 is 11.1 Å². The summed E-state index contributed by atoms with van der Waals surface area (Å²) in [6, 6.07) is 8.12. The van der Waals surface area contributed by atoms with Crippen molar-refractivity contribution < 1.29 is 9.53 Å². The quantitative estimate of drug-likeness (QED) is 0.651. The first-order chi connectivity index (χ1) is 11.0. The maximum atomic E-state index is 12.7. The molecule has 23 heavy (non-hydrogen) atoms. The number of carbonyl (C=O) groups is 1. The van der Waals surface area contributed by atoms with Gasteiger partial charge in [0.15, 0.2) is 0 Å². The predicted octanol–water partition coefficient (Wildman–Crippen LogP) is 3.13. The Balaban J connectivity index is 2.73. The number of ether oxygens (including phenoxy) is 1. The third-order valence-corrected chi connectivity index (χ3v) is 4.29. The molecule has 0 aromatic heterocycles. The SMILES string of the molecule is COCCC(Cc1cccc(Br)c1)C(=O)NC(CN)CC(C)C. The van der Waals surface area contributed by atoms with Crippen molar-refractivity contribution in [3.63, 3.8) is 0 Å². The summed E-state index contributed by atoms with van der Waals surface area (Å²) < 4.78 is 6.19. The molecule has 0 aliphatic rings. The zero-order valence-electron chi connectivity index (χ0n) is 14.3. The van der Waals surface area contributed by atoms with E-state index in [1.54, 1.807) is 7.11 Å². The molecule has 0 aliphatic heterocycles. The molecule has 0 spiro atoms. The Morgan fingerprint density at radius 1 is 1.39 bits per heavy atom. The van der Waals surface area contributed by atoms with Crippen LogP contribution in [0.3, 0.4) is 0 Å². The van der Waals surface area contributed by atoms with Crippen LogP contribution in [0.1, 0.15) is 32.3 Å². The monoisotopic (exact) mass is 384 g/mol. The highest BCUT2D eigenvalue weighted by Crippen LogP contribution is 2.18. The maximum absolute atomic E-state index is 12.7. The number of rotatable bonds is 10. The van der Waals surface area contributed by atoms with E-state index in [4.69, 9.17) is 10.5 Å². The van der Waals surface area contributed by atoms with Gasteiger partial charge < -0.3 is 15.8 Å². The molecule has 1 amide bonds. The van der Waals surface area contributed by atoms with Gasteiger partial charge in [0.05, 0.1) is 0 Å². The molecular formula is C18H29BrN2O2. The molecular weight excluding hydrogens is 356 g/mol. The van der Waals surface area contributed by atoms with Gasteiger partial charge in [-0.2, -0.15) is 0 Å². The summed E-state index contributed by atoms with van der Waals surface area (Å²) in [7, 11) is 1.66. The Hall–Kier alpha value is -0.910. The van der Waals surface area contributed by atoms with Crippen LogP contribution in [0, 0.1) is 11.8 Å². The number of nitrogens with one attached hydrogen (secondary N) is 1. The van der Waals surface area contributed by atoms with Gasteiger partial charge >= 0.3 is 0 Å². The number of amides is 1. The van der Waals surface area contributed by atoms with Crippen molar-refractivity contribution in [1.82, 2.24) is 5.32 Å². The number of halogens is 1. The zero-order chi connectivity index (χ0) is 17.2. The highest BCUT2D eigenvalue weighted by Gasteiger charge is 2.22. The van der Waals surface area contributed by atoms with E-state index in [1.165, 1.54) is 0 Å². The standard InChI is InChI=1S/C18H29BrN2O2/c1-13(2)9-17(12-20)21-18(22)15(7-8-23-3)10-14-5-4-6-16(19)11-14/h4-6,11,13,15,17H,7-10,12,20H2,1-3H3,(H,21,22). The Morgan fingerprint density at radius 2 is 2.13 bits per heavy atom. The Morgan fingerprint density at radius 3 is 2.70 bits per heavy atom. The fraction of sp³-hybridized carbons (Fsp3) is 0.611. The average molecular weight is 385 g/mol. The van der Waals surface area contributed by atoms with E-state index < -0.39 is 0 Å². The van der Waals surface area contributed by atoms with Crippen molar-refractivity contribution in [2.75, 3.05) is 20.3 Å². The molecule has 130 valence electrons. The Bertz CT molecular complexity index is 480. The lowest BCUT2D eigenvalue weighted by atomic mass is 9.94. The van der Waals surface area contributed by atoms with Crippen molar-refractivity contribution in [3.05, 3.63) is 34.3 Å². The van der Waals surface area contributed by atoms with E-state index >= 15 is 0 Å². The highest BCUT2D eigenvalue weighted by molar-refractivity contribution is 9.10. The summed E-state index contributed by atoms with van der Waals surface area (Å²) in [4.78, 5) is 12.7. The molecule has 0 saturated carbocycles. The minimum atomic E-state index is -0.106. The van der Waals surface area contributed by atoms with E-state index in [2.05, 4.69) is 41.2 Å². The van der Waals surface area contributed by atoms with Crippen molar-refractivity contribution in [2.24, 2.45) is 17.6 Å². The average Bonchev–Trinajstić information content (AvgIpc) is 2.50. The lowest BCUT2D eigenvalue weighted by Gasteiger charge is -2.23. The molecule has 1 aromatic rings. The zero-order valence-corrected chi connectivity index (χ0v) is 15.9. The van der Waals surface area contributed by atoms with E-state index in [-0.39, 0.29) is 17.9 Å². The first kappa shape index (κ1) is 20.1. The topological polar surface area (TPSA) is 64.3 Å². The molecule has 1 aromatic carbocycles. The lowest BCUT2D eigenvalue weighted by molar-refractivity contribution is -0.126. The van der Waals surface area contributed by atoms with E-state index in [9.17, 15) is 4.79 Å². The Labute approximate surface area is 148 Å². The van der Waals surface area contributed by atoms with E-state index in [0.29, 0.717) is 31.9 Å². The van der Waals surface area contributed by atoms with E-state index in [0.717, 1.165) is 16.5 Å². The summed E-state index contributed by atoms with van der Waals surface area (Å²) in [5, 5.41) is 3.11. The van der Waals surface area contributed by atoms with Crippen molar-refractivity contribution in [2.45, 2.75) is 39.2 Å². The van der Waals surface area contributed by atoms with Crippen LogP contribution in [0.4, 0.5) is 0 Å². The van der Waals surface area contributed by atoms with Crippen LogP contribution in [-0.4, -0.2) is 32.2 Å². The van der Waals surface area contributed by atoms with Crippen molar-refractivity contribution in [1.29, 1.82) is 0 Å². The lowest BCUT2D eigenvalue weighted by Crippen LogP contribution is -2.44. The molecule has 0 heterocycles. The largest absolute Gasteiger partial charge is 0.385 e. The number of benzene rings is 1. The number of hydrogen-bond donors (Lipinski definition) is 2. The molecule has 2 atom stereocenters. The molecule has 0 aliphatic carbocycles. The van der Waals surface area contributed by atoms with Gasteiger partial charge in [-0.15, -0.1) is 0 Å². The van der Waals surface area contributed by atoms with Gasteiger partial charge in [0, 0.05) is 36.7 Å². The van der Waals surface area contributed by atoms with Crippen LogP contribution in [-0.2, 0) is 16.0 Å². The molecule has 0 radical (unpaired) electrons. The van der Waals surface area contributed by atoms with Gasteiger partial charge in [-0.1, -0.05) is 41.9 Å². The Kier molecular flexibility index (Phi) is 9.44. The maximum Gasteiger partial charge on any atom is 0.223 e. The van der Waals surface area contributed by atoms with Crippen LogP contribution >= 0.6 is 15.9 Å². The van der Waals surface area contributed by atoms with Crippen molar-refractivity contribution >= 4 is 21.8 Å². The molecule has 0 saturated heterocycles. The second kappa shape index (κ2) is 10.8. The molecule has 5 heteroatoms. The van der Waals surface area contributed by atoms with Crippen LogP contribution in [0.5, 0.6) is 0 Å². The summed E-state index contributed by atoms with van der Waals surface area (Å²) >= 11 is 3.48. The highest BCUT2D eigenvalue weighted by atomic mass is 79.9. The minimum Gasteiger partial charge on any atom is -0.385 e. The normalized spacial score (nSPS) is 13.8. The first-order valence-corrected chi connectivity index (χ1v) is 8.99. The number of hydrogen-bond acceptors (Lipinski definition) is 3. The van der Waals surface area contributed by atoms with Crippen LogP contribution in [0.25, 0.3) is 0 Å². The van der Waals surface area contributed by atoms with Crippen molar-refractivity contribution in [3.8, 4) is 0 Å². The number of methoxy groups -OCH3 is 1. The minimum absolute atomic E-state index is 0.0371. The molecule has 0 bridgehead atoms. The van der Waals surface area contributed by atoms with Crippen LogP contribution in [0.15, 0.2) is 28.7 Å². The molecule has 4 nitrogen and oxygen atoms in total. The number of carbonyl (C=O) groups excluding carboxylic acids is 1. The van der Waals surface area contributed by atoms with Gasteiger partial charge in [-0.25, -0.2) is 0 Å². The van der Waals surface area contributed by atoms with E-state index in [1.807, 2.05) is 18.2 Å². The second-order valence-electron chi connectivity index (χ2n) is 6.38. The predicted molar refractivity (Wildman–Crippen MR) is 98.3 cm³/mol. The van der Waals surface area contributed by atoms with Gasteiger partial charge in [0.25, 0.3) is 0 Å². The third kappa shape index (κ3) is 7.95. The molecule has 0 fully saturated rings. The smallest absolute Gasteiger partial charge is 0.223 e. The van der Waals surface area contributed by atoms with Gasteiger partial charge in [0.2, 0.25) is 5.91 Å². The third-order valence-electron chi connectivity index (χ3n) is 3.80. The number of nitrogens with two attached hydrogens (primary N) is 1. The first-order valence-electron chi connectivity index (χ1n) is 8.20. The molecule has 2 unspecified atom stereocenters. The fourth-order valence-electron chi connectivity index (χ4n) is 2.64. The molecule has 1 rings (SSSR count). The van der Waals surface area contributed by atoms with Crippen LogP contribution in [0.2, 0.25) is 0 Å². The van der Waals surface area contributed by atoms with Gasteiger partial charge in [0.1, 0.15) is 0 Å². The summed E-state index contributed by atoms with van der Waals surface area (Å²) in [6.45, 7) is 5.32. The summed E-state index contributed by atoms with van der Waals surface area (Å²) in [5.41, 5.74) is 6.94. The molecule has 3 N–H and O–H groups in total.